The summed E-state index contributed by atoms with van der Waals surface area (Å²) in [5, 5.41) is 0. The molecule has 1 heterocycles. The minimum Gasteiger partial charge on any atom is -0.461 e. The summed E-state index contributed by atoms with van der Waals surface area (Å²) in [5.41, 5.74) is 5.96. The second-order valence-corrected chi connectivity index (χ2v) is 4.39. The van der Waals surface area contributed by atoms with Crippen molar-refractivity contribution < 1.29 is 14.3 Å². The Labute approximate surface area is 112 Å². The molecule has 1 amide bonds. The van der Waals surface area contributed by atoms with Crippen molar-refractivity contribution in [2.24, 2.45) is 0 Å². The average Bonchev–Trinajstić information content (AvgIpc) is 2.63. The van der Waals surface area contributed by atoms with Gasteiger partial charge in [0, 0.05) is 14.1 Å². The number of carbonyl (C=O) groups excluding carboxylic acids is 2. The van der Waals surface area contributed by atoms with E-state index >= 15 is 0 Å². The maximum Gasteiger partial charge on any atom is 0.360 e. The van der Waals surface area contributed by atoms with Crippen LogP contribution in [0.1, 0.15) is 36.2 Å². The monoisotopic (exact) mass is 268 g/mol. The summed E-state index contributed by atoms with van der Waals surface area (Å²) in [6.45, 7) is 5.35. The highest BCUT2D eigenvalue weighted by molar-refractivity contribution is 5.93. The number of anilines is 1. The first-order valence-corrected chi connectivity index (χ1v) is 6.03. The van der Waals surface area contributed by atoms with Gasteiger partial charge in [0.2, 0.25) is 5.91 Å². The van der Waals surface area contributed by atoms with Crippen LogP contribution >= 0.6 is 0 Å². The van der Waals surface area contributed by atoms with Gasteiger partial charge in [-0.3, -0.25) is 4.79 Å². The molecule has 19 heavy (non-hydrogen) atoms. The van der Waals surface area contributed by atoms with Gasteiger partial charge in [-0.15, -0.1) is 0 Å². The molecule has 0 spiro atoms. The van der Waals surface area contributed by atoms with Crippen LogP contribution < -0.4 is 5.73 Å². The van der Waals surface area contributed by atoms with E-state index in [2.05, 4.69) is 4.98 Å². The van der Waals surface area contributed by atoms with Crippen molar-refractivity contribution in [3.63, 3.8) is 0 Å². The summed E-state index contributed by atoms with van der Waals surface area (Å²) in [4.78, 5) is 29.2. The number of imidazole rings is 1. The molecule has 1 aromatic heterocycles. The van der Waals surface area contributed by atoms with Gasteiger partial charge in [0.25, 0.3) is 0 Å². The Bertz CT molecular complexity index is 493. The normalized spacial score (nSPS) is 12.1. The molecule has 1 rings (SSSR count). The van der Waals surface area contributed by atoms with Crippen LogP contribution in [-0.4, -0.2) is 47.0 Å². The lowest BCUT2D eigenvalue weighted by atomic mass is 10.3. The highest BCUT2D eigenvalue weighted by Gasteiger charge is 2.26. The quantitative estimate of drug-likeness (QED) is 0.807. The number of aryl methyl sites for hydroxylation is 1. The second kappa shape index (κ2) is 5.73. The van der Waals surface area contributed by atoms with Crippen molar-refractivity contribution in [1.29, 1.82) is 0 Å². The molecule has 0 saturated heterocycles. The number of carbonyl (C=O) groups is 2. The summed E-state index contributed by atoms with van der Waals surface area (Å²) in [6.07, 6.45) is 0. The molecule has 0 aliphatic heterocycles. The van der Waals surface area contributed by atoms with Crippen LogP contribution in [0.4, 0.5) is 5.82 Å². The third-order valence-electron chi connectivity index (χ3n) is 2.78. The van der Waals surface area contributed by atoms with Gasteiger partial charge in [-0.1, -0.05) is 0 Å². The molecule has 1 atom stereocenters. The van der Waals surface area contributed by atoms with Gasteiger partial charge in [0.15, 0.2) is 5.69 Å². The number of ether oxygens (including phenoxy) is 1. The van der Waals surface area contributed by atoms with Crippen LogP contribution in [0.25, 0.3) is 0 Å². The van der Waals surface area contributed by atoms with Crippen molar-refractivity contribution in [1.82, 2.24) is 14.5 Å². The molecule has 0 bridgehead atoms. The second-order valence-electron chi connectivity index (χ2n) is 4.39. The summed E-state index contributed by atoms with van der Waals surface area (Å²) in [5.74, 6) is -0.0455. The average molecular weight is 268 g/mol. The van der Waals surface area contributed by atoms with Crippen molar-refractivity contribution in [2.75, 3.05) is 26.4 Å². The molecular formula is C12H20N4O3. The zero-order valence-electron chi connectivity index (χ0n) is 11.9. The molecule has 1 unspecified atom stereocenters. The zero-order chi connectivity index (χ0) is 14.7. The van der Waals surface area contributed by atoms with E-state index in [4.69, 9.17) is 10.5 Å². The van der Waals surface area contributed by atoms with Crippen molar-refractivity contribution in [3.05, 3.63) is 11.5 Å². The predicted octanol–water partition coefficient (Wildman–Crippen LogP) is 0.600. The first-order chi connectivity index (χ1) is 8.81. The van der Waals surface area contributed by atoms with Crippen molar-refractivity contribution >= 4 is 17.7 Å². The van der Waals surface area contributed by atoms with E-state index in [0.717, 1.165) is 0 Å². The highest BCUT2D eigenvalue weighted by Crippen LogP contribution is 2.21. The Morgan fingerprint density at radius 2 is 2.05 bits per heavy atom. The molecule has 7 nitrogen and oxygen atoms in total. The van der Waals surface area contributed by atoms with Gasteiger partial charge in [0.05, 0.1) is 6.61 Å². The van der Waals surface area contributed by atoms with Crippen molar-refractivity contribution in [2.45, 2.75) is 26.8 Å². The van der Waals surface area contributed by atoms with Gasteiger partial charge in [-0.2, -0.15) is 0 Å². The number of nitrogens with zero attached hydrogens (tertiary/aromatic N) is 3. The molecule has 0 radical (unpaired) electrons. The number of rotatable bonds is 4. The summed E-state index contributed by atoms with van der Waals surface area (Å²) in [7, 11) is 3.32. The SMILES string of the molecule is CCOC(=O)c1nc(C)n(C(C)C(=O)N(C)C)c1N. The molecule has 2 N–H and O–H groups in total. The summed E-state index contributed by atoms with van der Waals surface area (Å²) < 4.78 is 6.41. The summed E-state index contributed by atoms with van der Waals surface area (Å²) >= 11 is 0. The number of aromatic nitrogens is 2. The van der Waals surface area contributed by atoms with Crippen molar-refractivity contribution in [3.8, 4) is 0 Å². The maximum absolute atomic E-state index is 12.0. The maximum atomic E-state index is 12.0. The zero-order valence-corrected chi connectivity index (χ0v) is 11.9. The smallest absolute Gasteiger partial charge is 0.360 e. The van der Waals surface area contributed by atoms with E-state index in [1.165, 1.54) is 9.47 Å². The third-order valence-corrected chi connectivity index (χ3v) is 2.78. The Balaban J connectivity index is 3.17. The largest absolute Gasteiger partial charge is 0.461 e. The predicted molar refractivity (Wildman–Crippen MR) is 70.7 cm³/mol. The molecule has 0 fully saturated rings. The van der Waals surface area contributed by atoms with E-state index in [9.17, 15) is 9.59 Å². The van der Waals surface area contributed by atoms with Gasteiger partial charge < -0.3 is 19.9 Å². The number of nitrogens with two attached hydrogens (primary N) is 1. The molecule has 0 aliphatic rings. The standard InChI is InChI=1S/C12H20N4O3/c1-6-19-12(18)9-10(13)16(8(3)14-9)7(2)11(17)15(4)5/h7H,6,13H2,1-5H3. The molecular weight excluding hydrogens is 248 g/mol. The summed E-state index contributed by atoms with van der Waals surface area (Å²) in [6, 6.07) is -0.523. The minimum atomic E-state index is -0.577. The van der Waals surface area contributed by atoms with Crippen LogP contribution in [0.15, 0.2) is 0 Å². The van der Waals surface area contributed by atoms with Gasteiger partial charge in [-0.25, -0.2) is 9.78 Å². The van der Waals surface area contributed by atoms with E-state index < -0.39 is 12.0 Å². The van der Waals surface area contributed by atoms with Crippen LogP contribution in [0.5, 0.6) is 0 Å². The molecule has 1 aromatic rings. The molecule has 106 valence electrons. The number of hydrogen-bond acceptors (Lipinski definition) is 5. The van der Waals surface area contributed by atoms with Gasteiger partial charge in [0.1, 0.15) is 17.7 Å². The van der Waals surface area contributed by atoms with Crippen LogP contribution in [0.3, 0.4) is 0 Å². The Morgan fingerprint density at radius 3 is 2.53 bits per heavy atom. The Morgan fingerprint density at radius 1 is 1.47 bits per heavy atom. The number of amides is 1. The fraction of sp³-hybridized carbons (Fsp3) is 0.583. The van der Waals surface area contributed by atoms with E-state index in [0.29, 0.717) is 5.82 Å². The van der Waals surface area contributed by atoms with Crippen LogP contribution in [0.2, 0.25) is 0 Å². The molecule has 0 saturated carbocycles. The lowest BCUT2D eigenvalue weighted by Gasteiger charge is -2.20. The van der Waals surface area contributed by atoms with Crippen LogP contribution in [0, 0.1) is 6.92 Å². The lowest BCUT2D eigenvalue weighted by molar-refractivity contribution is -0.131. The van der Waals surface area contributed by atoms with Gasteiger partial charge >= 0.3 is 5.97 Å². The third kappa shape index (κ3) is 2.86. The lowest BCUT2D eigenvalue weighted by Crippen LogP contribution is -2.31. The Hall–Kier alpha value is -2.05. The fourth-order valence-corrected chi connectivity index (χ4v) is 1.88. The number of nitrogen functional groups attached to an aromatic ring is 1. The molecule has 0 aliphatic carbocycles. The Kier molecular flexibility index (Phi) is 4.52. The number of likely N-dealkylation sites (N-methyl/N-ethyl adjacent to an activating group) is 1. The first-order valence-electron chi connectivity index (χ1n) is 6.03. The van der Waals surface area contributed by atoms with E-state index in [1.54, 1.807) is 34.9 Å². The van der Waals surface area contributed by atoms with E-state index in [-0.39, 0.29) is 24.0 Å². The number of hydrogen-bond donors (Lipinski definition) is 1. The fourth-order valence-electron chi connectivity index (χ4n) is 1.88. The molecule has 0 aromatic carbocycles. The first kappa shape index (κ1) is 15.0. The van der Waals surface area contributed by atoms with Crippen LogP contribution in [-0.2, 0) is 9.53 Å². The topological polar surface area (TPSA) is 90.4 Å². The minimum absolute atomic E-state index is 0.0535. The number of esters is 1. The molecule has 7 heteroatoms. The van der Waals surface area contributed by atoms with E-state index in [1.807, 2.05) is 0 Å². The van der Waals surface area contributed by atoms with Gasteiger partial charge in [-0.05, 0) is 20.8 Å². The highest BCUT2D eigenvalue weighted by atomic mass is 16.5.